The van der Waals surface area contributed by atoms with Crippen molar-refractivity contribution in [1.82, 2.24) is 5.32 Å². The number of amides is 1. The van der Waals surface area contributed by atoms with Crippen molar-refractivity contribution >= 4 is 18.3 Å². The molecule has 21 heavy (non-hydrogen) atoms. The lowest BCUT2D eigenvalue weighted by Gasteiger charge is -2.37. The number of nitrogens with two attached hydrogens (primary N) is 1. The van der Waals surface area contributed by atoms with Gasteiger partial charge in [-0.05, 0) is 36.3 Å². The lowest BCUT2D eigenvalue weighted by atomic mass is 9.69. The van der Waals surface area contributed by atoms with Gasteiger partial charge in [0.2, 0.25) is 5.91 Å². The van der Waals surface area contributed by atoms with E-state index < -0.39 is 0 Å². The molecule has 0 heterocycles. The highest BCUT2D eigenvalue weighted by Crippen LogP contribution is 2.42. The Balaban J connectivity index is 0.00000220. The zero-order valence-corrected chi connectivity index (χ0v) is 14.0. The molecule has 0 saturated carbocycles. The van der Waals surface area contributed by atoms with Gasteiger partial charge >= 0.3 is 0 Å². The van der Waals surface area contributed by atoms with Crippen molar-refractivity contribution in [2.45, 2.75) is 57.4 Å². The number of rotatable bonds is 4. The number of carbonyl (C=O) groups is 1. The van der Waals surface area contributed by atoms with Crippen molar-refractivity contribution in [1.29, 1.82) is 0 Å². The smallest absolute Gasteiger partial charge is 0.221 e. The summed E-state index contributed by atoms with van der Waals surface area (Å²) >= 11 is 0. The zero-order chi connectivity index (χ0) is 14.8. The van der Waals surface area contributed by atoms with Gasteiger partial charge in [0, 0.05) is 24.9 Å². The van der Waals surface area contributed by atoms with Crippen LogP contribution in [0.15, 0.2) is 24.3 Å². The number of fused-ring (bicyclic) bond motifs is 1. The molecule has 0 bridgehead atoms. The molecule has 0 spiro atoms. The van der Waals surface area contributed by atoms with Crippen molar-refractivity contribution in [3.8, 4) is 0 Å². The number of hydrogen-bond donors (Lipinski definition) is 2. The van der Waals surface area contributed by atoms with Gasteiger partial charge < -0.3 is 11.1 Å². The maximum absolute atomic E-state index is 11.7. The first-order valence-corrected chi connectivity index (χ1v) is 7.52. The molecule has 1 aromatic rings. The Kier molecular flexibility index (Phi) is 6.24. The maximum atomic E-state index is 11.7. The molecule has 0 fully saturated rings. The van der Waals surface area contributed by atoms with E-state index in [1.165, 1.54) is 11.1 Å². The van der Waals surface area contributed by atoms with Crippen LogP contribution in [0.4, 0.5) is 0 Å². The SMILES string of the molecule is CC(N)CC(=O)NCC1CCC(C)(C)c2ccccc21.Cl. The van der Waals surface area contributed by atoms with E-state index in [-0.39, 0.29) is 29.8 Å². The highest BCUT2D eigenvalue weighted by molar-refractivity contribution is 5.85. The fraction of sp³-hybridized carbons (Fsp3) is 0.588. The van der Waals surface area contributed by atoms with E-state index in [1.54, 1.807) is 0 Å². The van der Waals surface area contributed by atoms with Gasteiger partial charge in [0.15, 0.2) is 0 Å². The van der Waals surface area contributed by atoms with Gasteiger partial charge in [-0.15, -0.1) is 12.4 Å². The third-order valence-electron chi connectivity index (χ3n) is 4.30. The van der Waals surface area contributed by atoms with Gasteiger partial charge in [0.1, 0.15) is 0 Å². The minimum Gasteiger partial charge on any atom is -0.355 e. The minimum atomic E-state index is -0.0763. The van der Waals surface area contributed by atoms with Crippen molar-refractivity contribution in [2.75, 3.05) is 6.54 Å². The van der Waals surface area contributed by atoms with E-state index in [1.807, 2.05) is 6.92 Å². The third-order valence-corrected chi connectivity index (χ3v) is 4.30. The highest BCUT2D eigenvalue weighted by Gasteiger charge is 2.32. The van der Waals surface area contributed by atoms with Crippen molar-refractivity contribution < 1.29 is 4.79 Å². The summed E-state index contributed by atoms with van der Waals surface area (Å²) in [5, 5.41) is 3.03. The molecule has 0 aromatic heterocycles. The van der Waals surface area contributed by atoms with E-state index in [4.69, 9.17) is 5.73 Å². The van der Waals surface area contributed by atoms with Crippen LogP contribution in [0, 0.1) is 0 Å². The molecule has 0 saturated heterocycles. The van der Waals surface area contributed by atoms with Gasteiger partial charge in [-0.2, -0.15) is 0 Å². The van der Waals surface area contributed by atoms with Gasteiger partial charge in [-0.25, -0.2) is 0 Å². The predicted octanol–water partition coefficient (Wildman–Crippen LogP) is 3.12. The summed E-state index contributed by atoms with van der Waals surface area (Å²) in [6.07, 6.45) is 2.69. The van der Waals surface area contributed by atoms with Gasteiger partial charge in [-0.3, -0.25) is 4.79 Å². The first-order chi connectivity index (χ1) is 9.40. The normalized spacial score (nSPS) is 20.9. The first kappa shape index (κ1) is 18.0. The van der Waals surface area contributed by atoms with E-state index in [2.05, 4.69) is 43.4 Å². The average Bonchev–Trinajstić information content (AvgIpc) is 2.37. The predicted molar refractivity (Wildman–Crippen MR) is 90.0 cm³/mol. The summed E-state index contributed by atoms with van der Waals surface area (Å²) < 4.78 is 0. The van der Waals surface area contributed by atoms with Crippen LogP contribution >= 0.6 is 12.4 Å². The minimum absolute atomic E-state index is 0. The molecule has 2 unspecified atom stereocenters. The van der Waals surface area contributed by atoms with E-state index >= 15 is 0 Å². The number of benzene rings is 1. The topological polar surface area (TPSA) is 55.1 Å². The summed E-state index contributed by atoms with van der Waals surface area (Å²) in [4.78, 5) is 11.7. The van der Waals surface area contributed by atoms with Crippen LogP contribution in [-0.4, -0.2) is 18.5 Å². The van der Waals surface area contributed by atoms with Crippen molar-refractivity contribution in [2.24, 2.45) is 5.73 Å². The molecular formula is C17H27ClN2O. The summed E-state index contributed by atoms with van der Waals surface area (Å²) in [7, 11) is 0. The molecule has 3 nitrogen and oxygen atoms in total. The maximum Gasteiger partial charge on any atom is 0.221 e. The van der Waals surface area contributed by atoms with Gasteiger partial charge in [0.25, 0.3) is 0 Å². The Hall–Kier alpha value is -1.06. The summed E-state index contributed by atoms with van der Waals surface area (Å²) in [5.74, 6) is 0.485. The standard InChI is InChI=1S/C17H26N2O.ClH/c1-12(18)10-16(20)19-11-13-8-9-17(2,3)15-7-5-4-6-14(13)15;/h4-7,12-13H,8-11,18H2,1-3H3,(H,19,20);1H. The lowest BCUT2D eigenvalue weighted by Crippen LogP contribution is -2.35. The number of carbonyl (C=O) groups excluding carboxylic acids is 1. The summed E-state index contributed by atoms with van der Waals surface area (Å²) in [6.45, 7) is 7.18. The van der Waals surface area contributed by atoms with Crippen molar-refractivity contribution in [3.05, 3.63) is 35.4 Å². The monoisotopic (exact) mass is 310 g/mol. The molecule has 0 radical (unpaired) electrons. The second-order valence-corrected chi connectivity index (χ2v) is 6.69. The van der Waals surface area contributed by atoms with Crippen LogP contribution in [0.2, 0.25) is 0 Å². The molecule has 118 valence electrons. The Morgan fingerprint density at radius 3 is 2.76 bits per heavy atom. The Morgan fingerprint density at radius 1 is 1.43 bits per heavy atom. The number of nitrogens with one attached hydrogen (secondary N) is 1. The van der Waals surface area contributed by atoms with Crippen LogP contribution in [0.25, 0.3) is 0 Å². The van der Waals surface area contributed by atoms with Crippen LogP contribution < -0.4 is 11.1 Å². The molecule has 0 aliphatic heterocycles. The second kappa shape index (κ2) is 7.28. The molecule has 1 amide bonds. The molecule has 2 atom stereocenters. The van der Waals surface area contributed by atoms with Crippen LogP contribution in [-0.2, 0) is 10.2 Å². The number of halogens is 1. The van der Waals surface area contributed by atoms with Crippen LogP contribution in [0.5, 0.6) is 0 Å². The van der Waals surface area contributed by atoms with E-state index in [9.17, 15) is 4.79 Å². The van der Waals surface area contributed by atoms with E-state index in [0.717, 1.165) is 19.4 Å². The fourth-order valence-corrected chi connectivity index (χ4v) is 3.11. The Labute approximate surface area is 134 Å². The van der Waals surface area contributed by atoms with Crippen LogP contribution in [0.3, 0.4) is 0 Å². The van der Waals surface area contributed by atoms with Crippen LogP contribution in [0.1, 0.15) is 57.1 Å². The molecule has 4 heteroatoms. The molecule has 1 aliphatic carbocycles. The summed E-state index contributed by atoms with van der Waals surface area (Å²) in [5.41, 5.74) is 8.71. The second-order valence-electron chi connectivity index (χ2n) is 6.69. The van der Waals surface area contributed by atoms with Gasteiger partial charge in [-0.1, -0.05) is 38.1 Å². The van der Waals surface area contributed by atoms with Crippen molar-refractivity contribution in [3.63, 3.8) is 0 Å². The summed E-state index contributed by atoms with van der Waals surface area (Å²) in [6, 6.07) is 8.56. The third kappa shape index (κ3) is 4.45. The Bertz CT molecular complexity index is 485. The quantitative estimate of drug-likeness (QED) is 0.897. The number of hydrogen-bond acceptors (Lipinski definition) is 2. The molecule has 2 rings (SSSR count). The van der Waals surface area contributed by atoms with E-state index in [0.29, 0.717) is 12.3 Å². The first-order valence-electron chi connectivity index (χ1n) is 7.52. The highest BCUT2D eigenvalue weighted by atomic mass is 35.5. The average molecular weight is 311 g/mol. The Morgan fingerprint density at radius 2 is 2.10 bits per heavy atom. The molecule has 3 N–H and O–H groups in total. The zero-order valence-electron chi connectivity index (χ0n) is 13.2. The fourth-order valence-electron chi connectivity index (χ4n) is 3.11. The van der Waals surface area contributed by atoms with Gasteiger partial charge in [0.05, 0.1) is 0 Å². The molecule has 1 aliphatic rings. The molecular weight excluding hydrogens is 284 g/mol. The lowest BCUT2D eigenvalue weighted by molar-refractivity contribution is -0.121. The molecule has 1 aromatic carbocycles. The largest absolute Gasteiger partial charge is 0.355 e.